The zero-order valence-electron chi connectivity index (χ0n) is 19.9. The molecule has 4 rings (SSSR count). The van der Waals surface area contributed by atoms with Crippen LogP contribution in [0.1, 0.15) is 77.0 Å². The fourth-order valence-electron chi connectivity index (χ4n) is 5.70. The number of unbranched alkanes of at least 4 members (excludes halogenated alkanes) is 4. The summed E-state index contributed by atoms with van der Waals surface area (Å²) in [7, 11) is 0. The molecule has 0 aromatic heterocycles. The number of allylic oxidation sites excluding steroid dienone is 1. The number of hydrogen-bond donors (Lipinski definition) is 1. The predicted octanol–water partition coefficient (Wildman–Crippen LogP) is 6.52. The number of amidine groups is 1. The van der Waals surface area contributed by atoms with Crippen molar-refractivity contribution in [2.24, 2.45) is 4.99 Å². The molecule has 0 radical (unpaired) electrons. The highest BCUT2D eigenvalue weighted by atomic mass is 127. The van der Waals surface area contributed by atoms with Gasteiger partial charge in [0, 0.05) is 28.4 Å². The van der Waals surface area contributed by atoms with E-state index in [0.717, 1.165) is 54.0 Å². The van der Waals surface area contributed by atoms with Crippen LogP contribution < -0.4 is 10.2 Å². The lowest BCUT2D eigenvalue weighted by atomic mass is 9.83. The normalized spacial score (nSPS) is 21.4. The number of benzene rings is 1. The lowest BCUT2D eigenvalue weighted by Gasteiger charge is -2.46. The van der Waals surface area contributed by atoms with Gasteiger partial charge in [-0.05, 0) is 92.3 Å². The van der Waals surface area contributed by atoms with Crippen molar-refractivity contribution in [2.75, 3.05) is 24.5 Å². The molecule has 6 heteroatoms. The Balaban J connectivity index is 1.45. The summed E-state index contributed by atoms with van der Waals surface area (Å²) in [6.45, 7) is 7.01. The van der Waals surface area contributed by atoms with Gasteiger partial charge >= 0.3 is 6.03 Å². The largest absolute Gasteiger partial charge is 0.369 e. The average Bonchev–Trinajstić information content (AvgIpc) is 3.08. The maximum Gasteiger partial charge on any atom is 0.350 e. The number of urea groups is 1. The topological polar surface area (TPSA) is 47.9 Å². The molecule has 1 aliphatic carbocycles. The number of nitrogens with zero attached hydrogens (tertiary/aromatic N) is 3. The molecule has 0 atom stereocenters. The van der Waals surface area contributed by atoms with E-state index < -0.39 is 0 Å². The van der Waals surface area contributed by atoms with E-state index in [9.17, 15) is 4.79 Å². The second-order valence-electron chi connectivity index (χ2n) is 9.90. The number of carbonyl (C=O) groups is 1. The summed E-state index contributed by atoms with van der Waals surface area (Å²) >= 11 is 2.33. The number of nitrogens with one attached hydrogen (secondary N) is 1. The summed E-state index contributed by atoms with van der Waals surface area (Å²) in [5, 5.41) is 3.77. The van der Waals surface area contributed by atoms with Crippen LogP contribution in [-0.2, 0) is 0 Å². The van der Waals surface area contributed by atoms with Crippen molar-refractivity contribution < 1.29 is 4.79 Å². The number of hydrogen-bond acceptors (Lipinski definition) is 3. The second kappa shape index (κ2) is 11.8. The third-order valence-corrected chi connectivity index (χ3v) is 8.27. The van der Waals surface area contributed by atoms with Gasteiger partial charge in [0.25, 0.3) is 0 Å². The van der Waals surface area contributed by atoms with Gasteiger partial charge in [-0.15, -0.1) is 6.58 Å². The summed E-state index contributed by atoms with van der Waals surface area (Å²) in [4.78, 5) is 22.5. The van der Waals surface area contributed by atoms with Gasteiger partial charge < -0.3 is 10.2 Å². The summed E-state index contributed by atoms with van der Waals surface area (Å²) in [5.74, 6) is 0.933. The molecule has 1 aromatic carbocycles. The summed E-state index contributed by atoms with van der Waals surface area (Å²) < 4.78 is 1.15. The molecule has 3 aliphatic rings. The minimum atomic E-state index is -0.334. The van der Waals surface area contributed by atoms with E-state index in [4.69, 9.17) is 0 Å². The molecule has 0 unspecified atom stereocenters. The number of carbonyl (C=O) groups excluding carboxylic acids is 1. The van der Waals surface area contributed by atoms with Gasteiger partial charge in [-0.25, -0.2) is 4.79 Å². The van der Waals surface area contributed by atoms with E-state index in [2.05, 4.69) is 62.6 Å². The monoisotopic (exact) mass is 562 g/mol. The SMILES string of the molecule is C=CCCCCCCN1CCC2(CC1)C(NC1CCCCC1)=NC(=O)N2c1cccc(I)c1. The second-order valence-corrected chi connectivity index (χ2v) is 11.1. The molecule has 2 amide bonds. The van der Waals surface area contributed by atoms with E-state index >= 15 is 0 Å². The van der Waals surface area contributed by atoms with Crippen LogP contribution in [0.2, 0.25) is 0 Å². The minimum Gasteiger partial charge on any atom is -0.369 e. The fourth-order valence-corrected chi connectivity index (χ4v) is 6.23. The predicted molar refractivity (Wildman–Crippen MR) is 146 cm³/mol. The van der Waals surface area contributed by atoms with Crippen LogP contribution >= 0.6 is 22.6 Å². The highest BCUT2D eigenvalue weighted by molar-refractivity contribution is 14.1. The van der Waals surface area contributed by atoms with Crippen molar-refractivity contribution in [1.82, 2.24) is 10.2 Å². The third kappa shape index (κ3) is 5.99. The molecule has 1 saturated carbocycles. The number of anilines is 1. The number of halogens is 1. The lowest BCUT2D eigenvalue weighted by molar-refractivity contribution is 0.185. The maximum absolute atomic E-state index is 13.3. The van der Waals surface area contributed by atoms with Gasteiger partial charge in [0.1, 0.15) is 11.4 Å². The Morgan fingerprint density at radius 2 is 1.88 bits per heavy atom. The molecule has 5 nitrogen and oxygen atoms in total. The minimum absolute atomic E-state index is 0.106. The molecule has 1 saturated heterocycles. The van der Waals surface area contributed by atoms with E-state index in [0.29, 0.717) is 6.04 Å². The Morgan fingerprint density at radius 1 is 1.12 bits per heavy atom. The Kier molecular flexibility index (Phi) is 8.85. The van der Waals surface area contributed by atoms with E-state index in [1.807, 2.05) is 17.0 Å². The molecule has 1 spiro atoms. The molecule has 2 fully saturated rings. The number of rotatable bonds is 9. The standard InChI is InChI=1S/C27H39IN4O/c1-2-3-4-5-6-10-18-31-19-16-27(17-20-31)25(29-23-13-8-7-9-14-23)30-26(33)32(27)24-15-11-12-22(28)21-24/h2,11-12,15,21,23H,1,3-10,13-14,16-20H2,(H,29,30,33). The highest BCUT2D eigenvalue weighted by Gasteiger charge is 2.52. The van der Waals surface area contributed by atoms with Crippen molar-refractivity contribution in [1.29, 1.82) is 0 Å². The highest BCUT2D eigenvalue weighted by Crippen LogP contribution is 2.39. The molecule has 2 heterocycles. The number of piperidine rings is 1. The molecule has 180 valence electrons. The third-order valence-electron chi connectivity index (χ3n) is 7.60. The van der Waals surface area contributed by atoms with Gasteiger partial charge in [-0.1, -0.05) is 44.2 Å². The van der Waals surface area contributed by atoms with Gasteiger partial charge in [-0.3, -0.25) is 4.90 Å². The molecule has 1 N–H and O–H groups in total. The van der Waals surface area contributed by atoms with Crippen molar-refractivity contribution in [2.45, 2.75) is 88.6 Å². The Hall–Kier alpha value is -1.41. The lowest BCUT2D eigenvalue weighted by Crippen LogP contribution is -2.62. The van der Waals surface area contributed by atoms with Gasteiger partial charge in [0.2, 0.25) is 0 Å². The van der Waals surface area contributed by atoms with Crippen LogP contribution in [0.5, 0.6) is 0 Å². The first-order chi connectivity index (χ1) is 16.1. The summed E-state index contributed by atoms with van der Waals surface area (Å²) in [6, 6.07) is 8.66. The van der Waals surface area contributed by atoms with E-state index in [1.54, 1.807) is 0 Å². The Bertz CT molecular complexity index is 840. The molecule has 33 heavy (non-hydrogen) atoms. The van der Waals surface area contributed by atoms with E-state index in [1.165, 1.54) is 57.8 Å². The van der Waals surface area contributed by atoms with Crippen molar-refractivity contribution in [3.05, 3.63) is 40.5 Å². The molecular formula is C27H39IN4O. The van der Waals surface area contributed by atoms with Crippen LogP contribution in [0.25, 0.3) is 0 Å². The van der Waals surface area contributed by atoms with Crippen molar-refractivity contribution >= 4 is 40.1 Å². The quantitative estimate of drug-likeness (QED) is 0.212. The zero-order valence-corrected chi connectivity index (χ0v) is 22.1. The maximum atomic E-state index is 13.3. The Labute approximate surface area is 213 Å². The van der Waals surface area contributed by atoms with Crippen LogP contribution in [0, 0.1) is 3.57 Å². The first-order valence-corrected chi connectivity index (χ1v) is 14.0. The van der Waals surface area contributed by atoms with Gasteiger partial charge in [0.05, 0.1) is 0 Å². The molecular weight excluding hydrogens is 523 g/mol. The first kappa shape index (κ1) is 24.7. The van der Waals surface area contributed by atoms with Crippen LogP contribution in [-0.4, -0.2) is 48.0 Å². The fraction of sp³-hybridized carbons (Fsp3) is 0.630. The number of aliphatic imine (C=N–C) groups is 1. The van der Waals surface area contributed by atoms with Gasteiger partial charge in [0.15, 0.2) is 0 Å². The smallest absolute Gasteiger partial charge is 0.350 e. The molecule has 1 aromatic rings. The average molecular weight is 563 g/mol. The van der Waals surface area contributed by atoms with Crippen LogP contribution in [0.15, 0.2) is 41.9 Å². The van der Waals surface area contributed by atoms with Crippen LogP contribution in [0.3, 0.4) is 0 Å². The molecule has 2 aliphatic heterocycles. The Morgan fingerprint density at radius 3 is 2.61 bits per heavy atom. The number of likely N-dealkylation sites (tertiary alicyclic amines) is 1. The first-order valence-electron chi connectivity index (χ1n) is 12.9. The van der Waals surface area contributed by atoms with Crippen molar-refractivity contribution in [3.63, 3.8) is 0 Å². The summed E-state index contributed by atoms with van der Waals surface area (Å²) in [6.07, 6.45) is 16.4. The molecule has 0 bridgehead atoms. The van der Waals surface area contributed by atoms with Crippen molar-refractivity contribution in [3.8, 4) is 0 Å². The van der Waals surface area contributed by atoms with Crippen LogP contribution in [0.4, 0.5) is 10.5 Å². The van der Waals surface area contributed by atoms with E-state index in [-0.39, 0.29) is 11.6 Å². The summed E-state index contributed by atoms with van der Waals surface area (Å²) in [5.41, 5.74) is 0.645. The number of amides is 2. The van der Waals surface area contributed by atoms with Gasteiger partial charge in [-0.2, -0.15) is 4.99 Å². The zero-order chi connectivity index (χ0) is 23.1.